The number of hydrogen-bond donors (Lipinski definition) is 1. The van der Waals surface area contributed by atoms with Crippen molar-refractivity contribution in [2.24, 2.45) is 11.8 Å². The van der Waals surface area contributed by atoms with Crippen LogP contribution in [0, 0.1) is 17.7 Å². The summed E-state index contributed by atoms with van der Waals surface area (Å²) in [5.74, 6) is 0.724. The zero-order chi connectivity index (χ0) is 15.6. The second-order valence-electron chi connectivity index (χ2n) is 6.65. The minimum Gasteiger partial charge on any atom is -0.375 e. The largest absolute Gasteiger partial charge is 0.375 e. The maximum absolute atomic E-state index is 13.9. The van der Waals surface area contributed by atoms with Crippen LogP contribution in [-0.2, 0) is 0 Å². The van der Waals surface area contributed by atoms with Crippen molar-refractivity contribution in [2.75, 3.05) is 19.0 Å². The molecule has 0 saturated heterocycles. The molecule has 2 rings (SSSR count). The number of anilines is 1. The molecule has 0 heterocycles. The lowest BCUT2D eigenvalue weighted by Gasteiger charge is -2.32. The first kappa shape index (κ1) is 15.8. The van der Waals surface area contributed by atoms with Gasteiger partial charge in [0.05, 0.1) is 5.69 Å². The van der Waals surface area contributed by atoms with Gasteiger partial charge in [0, 0.05) is 25.7 Å². The van der Waals surface area contributed by atoms with Gasteiger partial charge in [0.25, 0.3) is 5.91 Å². The van der Waals surface area contributed by atoms with E-state index in [4.69, 9.17) is 0 Å². The Morgan fingerprint density at radius 2 is 1.81 bits per heavy atom. The van der Waals surface area contributed by atoms with E-state index in [9.17, 15) is 9.18 Å². The number of nitrogens with zero attached hydrogens (tertiary/aromatic N) is 1. The fourth-order valence-corrected chi connectivity index (χ4v) is 3.34. The number of rotatable bonds is 3. The van der Waals surface area contributed by atoms with E-state index in [1.165, 1.54) is 12.5 Å². The molecular weight excluding hydrogens is 267 g/mol. The van der Waals surface area contributed by atoms with E-state index >= 15 is 0 Å². The van der Waals surface area contributed by atoms with Gasteiger partial charge in [-0.3, -0.25) is 4.79 Å². The number of amides is 1. The Hall–Kier alpha value is -1.58. The second kappa shape index (κ2) is 6.46. The maximum Gasteiger partial charge on any atom is 0.251 e. The molecule has 0 bridgehead atoms. The smallest absolute Gasteiger partial charge is 0.251 e. The molecule has 0 spiro atoms. The molecule has 1 N–H and O–H groups in total. The van der Waals surface area contributed by atoms with E-state index in [1.807, 2.05) is 0 Å². The van der Waals surface area contributed by atoms with Crippen LogP contribution < -0.4 is 10.2 Å². The first-order chi connectivity index (χ1) is 9.86. The minimum absolute atomic E-state index is 0.175. The number of carbonyl (C=O) groups is 1. The van der Waals surface area contributed by atoms with Crippen LogP contribution in [0.15, 0.2) is 18.2 Å². The van der Waals surface area contributed by atoms with Crippen LogP contribution in [0.5, 0.6) is 0 Å². The quantitative estimate of drug-likeness (QED) is 0.925. The standard InChI is InChI=1S/C17H25FN2O/c1-11-7-12(2)9-14(8-11)19-17(21)13-5-6-16(20(3)4)15(18)10-13/h5-6,10-12,14H,7-9H2,1-4H3,(H,19,21). The first-order valence-electron chi connectivity index (χ1n) is 7.64. The predicted octanol–water partition coefficient (Wildman–Crippen LogP) is 3.45. The van der Waals surface area contributed by atoms with Crippen molar-refractivity contribution in [3.05, 3.63) is 29.6 Å². The Kier molecular flexibility index (Phi) is 4.86. The van der Waals surface area contributed by atoms with Crippen molar-refractivity contribution >= 4 is 11.6 Å². The number of nitrogens with one attached hydrogen (secondary N) is 1. The molecule has 2 unspecified atom stereocenters. The molecule has 1 amide bonds. The van der Waals surface area contributed by atoms with Crippen LogP contribution in [0.1, 0.15) is 43.5 Å². The number of benzene rings is 1. The second-order valence-corrected chi connectivity index (χ2v) is 6.65. The summed E-state index contributed by atoms with van der Waals surface area (Å²) in [7, 11) is 3.56. The van der Waals surface area contributed by atoms with Crippen molar-refractivity contribution in [1.82, 2.24) is 5.32 Å². The molecule has 1 aromatic rings. The highest BCUT2D eigenvalue weighted by molar-refractivity contribution is 5.94. The molecular formula is C17H25FN2O. The van der Waals surface area contributed by atoms with Gasteiger partial charge < -0.3 is 10.2 Å². The molecule has 1 saturated carbocycles. The zero-order valence-electron chi connectivity index (χ0n) is 13.3. The van der Waals surface area contributed by atoms with Crippen molar-refractivity contribution in [1.29, 1.82) is 0 Å². The van der Waals surface area contributed by atoms with Gasteiger partial charge in [-0.1, -0.05) is 13.8 Å². The minimum atomic E-state index is -0.363. The Balaban J connectivity index is 2.05. The van der Waals surface area contributed by atoms with Crippen molar-refractivity contribution in [3.63, 3.8) is 0 Å². The topological polar surface area (TPSA) is 32.3 Å². The zero-order valence-corrected chi connectivity index (χ0v) is 13.3. The molecule has 1 aromatic carbocycles. The van der Waals surface area contributed by atoms with Crippen LogP contribution in [0.4, 0.5) is 10.1 Å². The average Bonchev–Trinajstić information content (AvgIpc) is 2.36. The summed E-state index contributed by atoms with van der Waals surface area (Å²) in [6.45, 7) is 4.45. The summed E-state index contributed by atoms with van der Waals surface area (Å²) in [4.78, 5) is 14.0. The molecule has 3 nitrogen and oxygen atoms in total. The summed E-state index contributed by atoms with van der Waals surface area (Å²) in [5.41, 5.74) is 0.885. The third kappa shape index (κ3) is 3.96. The predicted molar refractivity (Wildman–Crippen MR) is 84.2 cm³/mol. The fourth-order valence-electron chi connectivity index (χ4n) is 3.34. The van der Waals surface area contributed by atoms with Gasteiger partial charge in [0.1, 0.15) is 5.82 Å². The molecule has 4 heteroatoms. The molecule has 1 aliphatic carbocycles. The monoisotopic (exact) mass is 292 g/mol. The summed E-state index contributed by atoms with van der Waals surface area (Å²) in [6, 6.07) is 4.85. The lowest BCUT2D eigenvalue weighted by atomic mass is 9.80. The third-order valence-corrected chi connectivity index (χ3v) is 4.21. The van der Waals surface area contributed by atoms with E-state index in [0.29, 0.717) is 23.1 Å². The maximum atomic E-state index is 13.9. The van der Waals surface area contributed by atoms with Gasteiger partial charge in [-0.2, -0.15) is 0 Å². The lowest BCUT2D eigenvalue weighted by molar-refractivity contribution is 0.0911. The van der Waals surface area contributed by atoms with Crippen molar-refractivity contribution < 1.29 is 9.18 Å². The average molecular weight is 292 g/mol. The van der Waals surface area contributed by atoms with Crippen molar-refractivity contribution in [3.8, 4) is 0 Å². The highest BCUT2D eigenvalue weighted by Crippen LogP contribution is 2.28. The Morgan fingerprint density at radius 3 is 2.33 bits per heavy atom. The van der Waals surface area contributed by atoms with Gasteiger partial charge in [0.2, 0.25) is 0 Å². The summed E-state index contributed by atoms with van der Waals surface area (Å²) in [5, 5.41) is 3.05. The molecule has 116 valence electrons. The number of hydrogen-bond acceptors (Lipinski definition) is 2. The van der Waals surface area contributed by atoms with Gasteiger partial charge in [-0.25, -0.2) is 4.39 Å². The molecule has 1 aliphatic rings. The summed E-state index contributed by atoms with van der Waals surface area (Å²) < 4.78 is 13.9. The molecule has 1 fully saturated rings. The van der Waals surface area contributed by atoms with E-state index < -0.39 is 0 Å². The van der Waals surface area contributed by atoms with Gasteiger partial charge in [-0.15, -0.1) is 0 Å². The van der Waals surface area contributed by atoms with Crippen LogP contribution in [0.3, 0.4) is 0 Å². The van der Waals surface area contributed by atoms with Gasteiger partial charge >= 0.3 is 0 Å². The fraction of sp³-hybridized carbons (Fsp3) is 0.588. The van der Waals surface area contributed by atoms with Crippen LogP contribution in [0.25, 0.3) is 0 Å². The highest BCUT2D eigenvalue weighted by atomic mass is 19.1. The molecule has 0 aromatic heterocycles. The van der Waals surface area contributed by atoms with Crippen LogP contribution >= 0.6 is 0 Å². The third-order valence-electron chi connectivity index (χ3n) is 4.21. The normalized spacial score (nSPS) is 25.5. The molecule has 0 radical (unpaired) electrons. The number of carbonyl (C=O) groups excluding carboxylic acids is 1. The lowest BCUT2D eigenvalue weighted by Crippen LogP contribution is -2.40. The summed E-state index contributed by atoms with van der Waals surface area (Å²) in [6.07, 6.45) is 3.24. The SMILES string of the molecule is CC1CC(C)CC(NC(=O)c2ccc(N(C)C)c(F)c2)C1. The van der Waals surface area contributed by atoms with Gasteiger partial charge in [-0.05, 0) is 49.3 Å². The molecule has 0 aliphatic heterocycles. The Morgan fingerprint density at radius 1 is 1.19 bits per heavy atom. The highest BCUT2D eigenvalue weighted by Gasteiger charge is 2.25. The molecule has 21 heavy (non-hydrogen) atoms. The summed E-state index contributed by atoms with van der Waals surface area (Å²) >= 11 is 0. The van der Waals surface area contributed by atoms with E-state index in [2.05, 4.69) is 19.2 Å². The Labute approximate surface area is 126 Å². The van der Waals surface area contributed by atoms with E-state index in [0.717, 1.165) is 12.8 Å². The van der Waals surface area contributed by atoms with E-state index in [1.54, 1.807) is 31.1 Å². The van der Waals surface area contributed by atoms with Crippen molar-refractivity contribution in [2.45, 2.75) is 39.2 Å². The van der Waals surface area contributed by atoms with E-state index in [-0.39, 0.29) is 17.8 Å². The first-order valence-corrected chi connectivity index (χ1v) is 7.64. The molecule has 2 atom stereocenters. The van der Waals surface area contributed by atoms with Gasteiger partial charge in [0.15, 0.2) is 0 Å². The van der Waals surface area contributed by atoms with Crippen LogP contribution in [0.2, 0.25) is 0 Å². The number of halogens is 1. The Bertz CT molecular complexity index is 506. The van der Waals surface area contributed by atoms with Crippen LogP contribution in [-0.4, -0.2) is 26.0 Å².